The maximum absolute atomic E-state index is 11.7. The van der Waals surface area contributed by atoms with Crippen molar-refractivity contribution in [3.63, 3.8) is 0 Å². The summed E-state index contributed by atoms with van der Waals surface area (Å²) in [6.07, 6.45) is 4.10. The summed E-state index contributed by atoms with van der Waals surface area (Å²) in [6.45, 7) is 2.84. The van der Waals surface area contributed by atoms with Crippen molar-refractivity contribution in [1.29, 1.82) is 0 Å². The van der Waals surface area contributed by atoms with Gasteiger partial charge in [0.2, 0.25) is 0 Å². The van der Waals surface area contributed by atoms with E-state index >= 15 is 0 Å². The number of hydrogen-bond donors (Lipinski definition) is 1. The fraction of sp³-hybridized carbons (Fsp3) is 0.583. The van der Waals surface area contributed by atoms with Crippen molar-refractivity contribution in [2.75, 3.05) is 12.4 Å². The van der Waals surface area contributed by atoms with Gasteiger partial charge in [-0.05, 0) is 31.4 Å². The van der Waals surface area contributed by atoms with Gasteiger partial charge in [0.15, 0.2) is 0 Å². The Bertz CT molecular complexity index is 325. The topological polar surface area (TPSA) is 29.1 Å². The third-order valence-electron chi connectivity index (χ3n) is 2.33. The standard InChI is InChI=1S/C12H18ClNOS/c1-2-10-6-7-11(16-10)12(15)14-9-5-3-4-8-13/h6-7H,2-5,8-9H2,1H3,(H,14,15). The molecule has 0 aliphatic heterocycles. The Labute approximate surface area is 106 Å². The zero-order valence-corrected chi connectivity index (χ0v) is 11.2. The summed E-state index contributed by atoms with van der Waals surface area (Å²) >= 11 is 7.15. The van der Waals surface area contributed by atoms with Crippen molar-refractivity contribution >= 4 is 28.8 Å². The molecule has 1 rings (SSSR count). The molecule has 0 aliphatic carbocycles. The molecule has 2 nitrogen and oxygen atoms in total. The lowest BCUT2D eigenvalue weighted by molar-refractivity contribution is 0.0957. The van der Waals surface area contributed by atoms with E-state index in [9.17, 15) is 4.79 Å². The van der Waals surface area contributed by atoms with Gasteiger partial charge in [0, 0.05) is 17.3 Å². The third-order valence-corrected chi connectivity index (χ3v) is 3.83. The molecule has 0 saturated heterocycles. The highest BCUT2D eigenvalue weighted by atomic mass is 35.5. The van der Waals surface area contributed by atoms with Crippen LogP contribution in [-0.2, 0) is 6.42 Å². The van der Waals surface area contributed by atoms with Crippen LogP contribution in [0.1, 0.15) is 40.7 Å². The van der Waals surface area contributed by atoms with E-state index in [1.54, 1.807) is 11.3 Å². The molecule has 4 heteroatoms. The molecule has 1 N–H and O–H groups in total. The van der Waals surface area contributed by atoms with Crippen LogP contribution in [0.25, 0.3) is 0 Å². The van der Waals surface area contributed by atoms with Crippen LogP contribution in [0.2, 0.25) is 0 Å². The molecule has 1 heterocycles. The molecule has 0 fully saturated rings. The molecular weight excluding hydrogens is 242 g/mol. The van der Waals surface area contributed by atoms with E-state index in [2.05, 4.69) is 12.2 Å². The third kappa shape index (κ3) is 4.54. The Morgan fingerprint density at radius 3 is 2.81 bits per heavy atom. The number of carbonyl (C=O) groups is 1. The maximum Gasteiger partial charge on any atom is 0.261 e. The largest absolute Gasteiger partial charge is 0.351 e. The van der Waals surface area contributed by atoms with Crippen molar-refractivity contribution in [3.8, 4) is 0 Å². The van der Waals surface area contributed by atoms with E-state index < -0.39 is 0 Å². The fourth-order valence-electron chi connectivity index (χ4n) is 1.38. The molecule has 0 spiro atoms. The number of carbonyl (C=O) groups excluding carboxylic acids is 1. The molecule has 16 heavy (non-hydrogen) atoms. The highest BCUT2D eigenvalue weighted by Gasteiger charge is 2.07. The molecule has 0 aromatic carbocycles. The van der Waals surface area contributed by atoms with Gasteiger partial charge in [-0.15, -0.1) is 22.9 Å². The number of hydrogen-bond acceptors (Lipinski definition) is 2. The van der Waals surface area contributed by atoms with Crippen molar-refractivity contribution < 1.29 is 4.79 Å². The van der Waals surface area contributed by atoms with Crippen molar-refractivity contribution in [2.24, 2.45) is 0 Å². The summed E-state index contributed by atoms with van der Waals surface area (Å²) in [6, 6.07) is 3.92. The van der Waals surface area contributed by atoms with Crippen molar-refractivity contribution in [2.45, 2.75) is 32.6 Å². The molecule has 1 amide bonds. The molecular formula is C12H18ClNOS. The molecule has 90 valence electrons. The summed E-state index contributed by atoms with van der Waals surface area (Å²) in [7, 11) is 0. The van der Waals surface area contributed by atoms with Gasteiger partial charge in [-0.2, -0.15) is 0 Å². The van der Waals surface area contributed by atoms with Crippen LogP contribution >= 0.6 is 22.9 Å². The molecule has 0 bridgehead atoms. The first-order chi connectivity index (χ1) is 7.77. The second kappa shape index (κ2) is 7.69. The van der Waals surface area contributed by atoms with Gasteiger partial charge in [-0.3, -0.25) is 4.79 Å². The lowest BCUT2D eigenvalue weighted by atomic mass is 10.2. The van der Waals surface area contributed by atoms with Crippen LogP contribution in [-0.4, -0.2) is 18.3 Å². The summed E-state index contributed by atoms with van der Waals surface area (Å²) in [5.74, 6) is 0.759. The highest BCUT2D eigenvalue weighted by molar-refractivity contribution is 7.14. The Balaban J connectivity index is 2.24. The molecule has 0 unspecified atom stereocenters. The summed E-state index contributed by atoms with van der Waals surface area (Å²) < 4.78 is 0. The first kappa shape index (κ1) is 13.5. The van der Waals surface area contributed by atoms with Crippen LogP contribution in [0.5, 0.6) is 0 Å². The number of alkyl halides is 1. The predicted octanol–water partition coefficient (Wildman–Crippen LogP) is 3.45. The summed E-state index contributed by atoms with van der Waals surface area (Å²) in [5, 5.41) is 2.92. The van der Waals surface area contributed by atoms with Gasteiger partial charge in [-0.25, -0.2) is 0 Å². The molecule has 0 aliphatic rings. The van der Waals surface area contributed by atoms with E-state index in [4.69, 9.17) is 11.6 Å². The zero-order chi connectivity index (χ0) is 11.8. The van der Waals surface area contributed by atoms with Crippen LogP contribution in [0.4, 0.5) is 0 Å². The van der Waals surface area contributed by atoms with Gasteiger partial charge in [0.1, 0.15) is 0 Å². The molecule has 1 aromatic heterocycles. The second-order valence-electron chi connectivity index (χ2n) is 3.63. The minimum absolute atomic E-state index is 0.0515. The minimum Gasteiger partial charge on any atom is -0.351 e. The Morgan fingerprint density at radius 1 is 1.38 bits per heavy atom. The number of thiophene rings is 1. The average Bonchev–Trinajstić information content (AvgIpc) is 2.77. The van der Waals surface area contributed by atoms with E-state index in [0.717, 1.165) is 37.1 Å². The van der Waals surface area contributed by atoms with E-state index in [1.807, 2.05) is 12.1 Å². The van der Waals surface area contributed by atoms with Gasteiger partial charge in [0.25, 0.3) is 5.91 Å². The number of amides is 1. The van der Waals surface area contributed by atoms with Crippen molar-refractivity contribution in [3.05, 3.63) is 21.9 Å². The molecule has 0 saturated carbocycles. The number of aryl methyl sites for hydroxylation is 1. The number of rotatable bonds is 7. The fourth-order valence-corrected chi connectivity index (χ4v) is 2.43. The first-order valence-electron chi connectivity index (χ1n) is 5.70. The highest BCUT2D eigenvalue weighted by Crippen LogP contribution is 2.16. The first-order valence-corrected chi connectivity index (χ1v) is 7.06. The smallest absolute Gasteiger partial charge is 0.261 e. The zero-order valence-electron chi connectivity index (χ0n) is 9.59. The van der Waals surface area contributed by atoms with Crippen molar-refractivity contribution in [1.82, 2.24) is 5.32 Å². The normalized spacial score (nSPS) is 10.4. The monoisotopic (exact) mass is 259 g/mol. The van der Waals surface area contributed by atoms with Crippen LogP contribution < -0.4 is 5.32 Å². The summed E-state index contributed by atoms with van der Waals surface area (Å²) in [4.78, 5) is 13.8. The van der Waals surface area contributed by atoms with Gasteiger partial charge in [-0.1, -0.05) is 13.3 Å². The molecule has 0 atom stereocenters. The molecule has 0 radical (unpaired) electrons. The lowest BCUT2D eigenvalue weighted by Crippen LogP contribution is -2.23. The van der Waals surface area contributed by atoms with Crippen LogP contribution in [0, 0.1) is 0 Å². The Kier molecular flexibility index (Phi) is 6.50. The van der Waals surface area contributed by atoms with E-state index in [1.165, 1.54) is 4.88 Å². The number of unbranched alkanes of at least 4 members (excludes halogenated alkanes) is 2. The van der Waals surface area contributed by atoms with Gasteiger partial charge < -0.3 is 5.32 Å². The minimum atomic E-state index is 0.0515. The van der Waals surface area contributed by atoms with Crippen LogP contribution in [0.15, 0.2) is 12.1 Å². The van der Waals surface area contributed by atoms with E-state index in [-0.39, 0.29) is 5.91 Å². The maximum atomic E-state index is 11.7. The Hall–Kier alpha value is -0.540. The predicted molar refractivity (Wildman–Crippen MR) is 70.6 cm³/mol. The van der Waals surface area contributed by atoms with Crippen LogP contribution in [0.3, 0.4) is 0 Å². The number of nitrogens with one attached hydrogen (secondary N) is 1. The molecule has 1 aromatic rings. The van der Waals surface area contributed by atoms with Gasteiger partial charge >= 0.3 is 0 Å². The SMILES string of the molecule is CCc1ccc(C(=O)NCCCCCCl)s1. The van der Waals surface area contributed by atoms with E-state index in [0.29, 0.717) is 5.88 Å². The lowest BCUT2D eigenvalue weighted by Gasteiger charge is -2.02. The number of halogens is 1. The van der Waals surface area contributed by atoms with Gasteiger partial charge in [0.05, 0.1) is 4.88 Å². The summed E-state index contributed by atoms with van der Waals surface area (Å²) in [5.41, 5.74) is 0. The second-order valence-corrected chi connectivity index (χ2v) is 5.17. The quantitative estimate of drug-likeness (QED) is 0.590. The average molecular weight is 260 g/mol. The Morgan fingerprint density at radius 2 is 2.19 bits per heavy atom.